The summed E-state index contributed by atoms with van der Waals surface area (Å²) in [6.45, 7) is 6.25. The number of benzene rings is 1. The van der Waals surface area contributed by atoms with Gasteiger partial charge in [-0.25, -0.2) is 9.97 Å². The highest BCUT2D eigenvalue weighted by Gasteiger charge is 2.23. The van der Waals surface area contributed by atoms with Crippen LogP contribution in [0.5, 0.6) is 6.01 Å². The van der Waals surface area contributed by atoms with Gasteiger partial charge in [0.1, 0.15) is 5.52 Å². The Morgan fingerprint density at radius 3 is 2.32 bits per heavy atom. The lowest BCUT2D eigenvalue weighted by Crippen LogP contribution is -2.16. The third-order valence-corrected chi connectivity index (χ3v) is 3.35. The van der Waals surface area contributed by atoms with Crippen molar-refractivity contribution >= 4 is 11.2 Å². The molecule has 3 aromatic rings. The Balaban J connectivity index is 2.24. The molecule has 0 atom stereocenters. The molecule has 2 heterocycles. The molecule has 0 unspecified atom stereocenters. The minimum Gasteiger partial charge on any atom is -0.467 e. The van der Waals surface area contributed by atoms with E-state index in [1.165, 1.54) is 0 Å². The molecule has 2 aromatic heterocycles. The number of fused-ring (bicyclic) bond motifs is 1. The van der Waals surface area contributed by atoms with Crippen LogP contribution in [0, 0.1) is 0 Å². The fourth-order valence-electron chi connectivity index (χ4n) is 2.25. The summed E-state index contributed by atoms with van der Waals surface area (Å²) in [4.78, 5) is 18.0. The van der Waals surface area contributed by atoms with Crippen LogP contribution in [0.3, 0.4) is 0 Å². The van der Waals surface area contributed by atoms with Crippen molar-refractivity contribution in [2.45, 2.75) is 26.2 Å². The second-order valence-electron chi connectivity index (χ2n) is 6.10. The number of rotatable bonds is 2. The largest absolute Gasteiger partial charge is 0.467 e. The van der Waals surface area contributed by atoms with E-state index in [9.17, 15) is 0 Å². The molecule has 0 saturated heterocycles. The summed E-state index contributed by atoms with van der Waals surface area (Å²) in [6.07, 6.45) is 1.77. The summed E-state index contributed by atoms with van der Waals surface area (Å²) >= 11 is 0. The van der Waals surface area contributed by atoms with E-state index in [0.29, 0.717) is 17.2 Å². The van der Waals surface area contributed by atoms with Crippen molar-refractivity contribution in [3.05, 3.63) is 42.2 Å². The summed E-state index contributed by atoms with van der Waals surface area (Å²) in [6, 6.07) is 10.2. The van der Waals surface area contributed by atoms with E-state index in [1.807, 2.05) is 30.3 Å². The van der Waals surface area contributed by atoms with Crippen LogP contribution in [-0.2, 0) is 5.41 Å². The monoisotopic (exact) mass is 294 g/mol. The Morgan fingerprint density at radius 1 is 0.955 bits per heavy atom. The molecule has 112 valence electrons. The minimum atomic E-state index is -0.169. The van der Waals surface area contributed by atoms with Crippen LogP contribution in [0.4, 0.5) is 0 Å². The Morgan fingerprint density at radius 2 is 1.68 bits per heavy atom. The summed E-state index contributed by atoms with van der Waals surface area (Å²) in [5.74, 6) is 0. The molecular weight excluding hydrogens is 276 g/mol. The Labute approximate surface area is 129 Å². The van der Waals surface area contributed by atoms with E-state index in [1.54, 1.807) is 13.3 Å². The van der Waals surface area contributed by atoms with E-state index in [4.69, 9.17) is 4.74 Å². The van der Waals surface area contributed by atoms with Gasteiger partial charge in [0.15, 0.2) is 5.65 Å². The van der Waals surface area contributed by atoms with E-state index in [2.05, 4.69) is 40.7 Å². The van der Waals surface area contributed by atoms with Gasteiger partial charge in [-0.1, -0.05) is 51.1 Å². The topological polar surface area (TPSA) is 60.8 Å². The first kappa shape index (κ1) is 14.4. The molecule has 1 aromatic carbocycles. The summed E-state index contributed by atoms with van der Waals surface area (Å²) < 4.78 is 5.21. The van der Waals surface area contributed by atoms with E-state index in [-0.39, 0.29) is 5.41 Å². The van der Waals surface area contributed by atoms with Crippen LogP contribution < -0.4 is 4.74 Å². The minimum absolute atomic E-state index is 0.169. The highest BCUT2D eigenvalue weighted by atomic mass is 16.5. The van der Waals surface area contributed by atoms with Crippen molar-refractivity contribution in [2.75, 3.05) is 7.11 Å². The van der Waals surface area contributed by atoms with Crippen molar-refractivity contribution in [3.63, 3.8) is 0 Å². The molecule has 0 saturated carbocycles. The fraction of sp³-hybridized carbons (Fsp3) is 0.294. The predicted octanol–water partition coefficient (Wildman–Crippen LogP) is 3.39. The maximum absolute atomic E-state index is 5.21. The molecule has 0 aliphatic rings. The van der Waals surface area contributed by atoms with Gasteiger partial charge >= 0.3 is 6.01 Å². The normalized spacial score (nSPS) is 11.6. The first-order valence-corrected chi connectivity index (χ1v) is 7.14. The highest BCUT2D eigenvalue weighted by Crippen LogP contribution is 2.28. The Bertz CT molecular complexity index is 810. The van der Waals surface area contributed by atoms with Crippen LogP contribution in [-0.4, -0.2) is 27.0 Å². The lowest BCUT2D eigenvalue weighted by Gasteiger charge is -2.19. The average molecular weight is 294 g/mol. The number of nitrogens with zero attached hydrogens (tertiary/aromatic N) is 4. The zero-order chi connectivity index (χ0) is 15.7. The molecule has 0 aliphatic heterocycles. The molecule has 5 heteroatoms. The first-order chi connectivity index (χ1) is 10.5. The molecular formula is C17H18N4O. The van der Waals surface area contributed by atoms with Crippen molar-refractivity contribution in [2.24, 2.45) is 0 Å². The zero-order valence-electron chi connectivity index (χ0n) is 13.2. The van der Waals surface area contributed by atoms with Gasteiger partial charge in [0.25, 0.3) is 0 Å². The maximum Gasteiger partial charge on any atom is 0.318 e. The fourth-order valence-corrected chi connectivity index (χ4v) is 2.25. The summed E-state index contributed by atoms with van der Waals surface area (Å²) in [5, 5.41) is 0. The van der Waals surface area contributed by atoms with Crippen molar-refractivity contribution in [3.8, 4) is 17.3 Å². The zero-order valence-corrected chi connectivity index (χ0v) is 13.2. The van der Waals surface area contributed by atoms with Gasteiger partial charge in [-0.3, -0.25) is 0 Å². The third-order valence-electron chi connectivity index (χ3n) is 3.35. The van der Waals surface area contributed by atoms with Gasteiger partial charge in [-0.05, 0) is 0 Å². The van der Waals surface area contributed by atoms with Crippen LogP contribution in [0.1, 0.15) is 26.5 Å². The predicted molar refractivity (Wildman–Crippen MR) is 85.8 cm³/mol. The number of aromatic nitrogens is 4. The van der Waals surface area contributed by atoms with Gasteiger partial charge in [0.05, 0.1) is 24.7 Å². The highest BCUT2D eigenvalue weighted by molar-refractivity contribution is 5.76. The number of hydrogen-bond acceptors (Lipinski definition) is 5. The molecule has 0 aliphatic carbocycles. The lowest BCUT2D eigenvalue weighted by molar-refractivity contribution is 0.376. The molecule has 5 nitrogen and oxygen atoms in total. The SMILES string of the molecule is COc1nc(C(C)(C)C)c2ncc(-c3ccccc3)nc2n1. The summed E-state index contributed by atoms with van der Waals surface area (Å²) in [7, 11) is 1.56. The van der Waals surface area contributed by atoms with E-state index in [0.717, 1.165) is 17.0 Å². The van der Waals surface area contributed by atoms with Crippen molar-refractivity contribution < 1.29 is 4.74 Å². The van der Waals surface area contributed by atoms with E-state index < -0.39 is 0 Å². The molecule has 3 rings (SSSR count). The van der Waals surface area contributed by atoms with Gasteiger partial charge in [0.2, 0.25) is 0 Å². The second-order valence-corrected chi connectivity index (χ2v) is 6.10. The number of hydrogen-bond donors (Lipinski definition) is 0. The van der Waals surface area contributed by atoms with Crippen molar-refractivity contribution in [1.82, 2.24) is 19.9 Å². The second kappa shape index (κ2) is 5.33. The Hall–Kier alpha value is -2.56. The van der Waals surface area contributed by atoms with Crippen LogP contribution in [0.25, 0.3) is 22.4 Å². The van der Waals surface area contributed by atoms with Crippen LogP contribution in [0.2, 0.25) is 0 Å². The van der Waals surface area contributed by atoms with Gasteiger partial charge in [-0.15, -0.1) is 0 Å². The smallest absolute Gasteiger partial charge is 0.318 e. The third kappa shape index (κ3) is 2.62. The lowest BCUT2D eigenvalue weighted by atomic mass is 9.91. The average Bonchev–Trinajstić information content (AvgIpc) is 2.53. The maximum atomic E-state index is 5.21. The number of ether oxygens (including phenoxy) is 1. The van der Waals surface area contributed by atoms with Gasteiger partial charge in [-0.2, -0.15) is 9.97 Å². The quantitative estimate of drug-likeness (QED) is 0.725. The Kier molecular flexibility index (Phi) is 3.48. The molecule has 0 bridgehead atoms. The van der Waals surface area contributed by atoms with Gasteiger partial charge < -0.3 is 4.74 Å². The van der Waals surface area contributed by atoms with Crippen LogP contribution >= 0.6 is 0 Å². The molecule has 0 N–H and O–H groups in total. The first-order valence-electron chi connectivity index (χ1n) is 7.14. The molecule has 0 spiro atoms. The molecule has 22 heavy (non-hydrogen) atoms. The number of methoxy groups -OCH3 is 1. The molecule has 0 amide bonds. The summed E-state index contributed by atoms with van der Waals surface area (Å²) in [5.41, 5.74) is 3.73. The molecule has 0 fully saturated rings. The standard InChI is InChI=1S/C17H18N4O/c1-17(2,3)14-13-15(21-16(20-14)22-4)19-12(10-18-13)11-8-6-5-7-9-11/h5-10H,1-4H3. The molecule has 0 radical (unpaired) electrons. The van der Waals surface area contributed by atoms with Crippen molar-refractivity contribution in [1.29, 1.82) is 0 Å². The van der Waals surface area contributed by atoms with E-state index >= 15 is 0 Å². The van der Waals surface area contributed by atoms with Gasteiger partial charge in [0, 0.05) is 11.0 Å². The van der Waals surface area contributed by atoms with Crippen LogP contribution in [0.15, 0.2) is 36.5 Å².